The molecule has 1 amide bonds. The van der Waals surface area contributed by atoms with Gasteiger partial charge in [-0.3, -0.25) is 4.79 Å². The maximum absolute atomic E-state index is 12.9. The fourth-order valence-corrected chi connectivity index (χ4v) is 5.09. The van der Waals surface area contributed by atoms with Gasteiger partial charge in [-0.25, -0.2) is 8.42 Å². The van der Waals surface area contributed by atoms with Gasteiger partial charge in [-0.05, 0) is 30.7 Å². The molecule has 0 saturated carbocycles. The van der Waals surface area contributed by atoms with Crippen LogP contribution in [0.5, 0.6) is 0 Å². The molecule has 1 N–H and O–H groups in total. The molecule has 2 aromatic carbocycles. The average Bonchev–Trinajstić information content (AvgIpc) is 2.97. The largest absolute Gasteiger partial charge is 0.375 e. The van der Waals surface area contributed by atoms with Crippen LogP contribution in [-0.4, -0.2) is 38.4 Å². The molecule has 138 valence electrons. The highest BCUT2D eigenvalue weighted by atomic mass is 35.5. The van der Waals surface area contributed by atoms with Crippen LogP contribution in [0, 0.1) is 0 Å². The third-order valence-corrected chi connectivity index (χ3v) is 6.83. The molecular formula is C18H18Cl2N2O3S. The van der Waals surface area contributed by atoms with Crippen LogP contribution in [0.4, 0.5) is 11.4 Å². The second-order valence-electron chi connectivity index (χ2n) is 6.11. The van der Waals surface area contributed by atoms with E-state index in [4.69, 9.17) is 23.2 Å². The number of nitrogens with one attached hydrogen (secondary N) is 1. The van der Waals surface area contributed by atoms with Gasteiger partial charge in [0, 0.05) is 5.69 Å². The number of hydrogen-bond donors (Lipinski definition) is 1. The Morgan fingerprint density at radius 1 is 1.12 bits per heavy atom. The molecule has 1 fully saturated rings. The lowest BCUT2D eigenvalue weighted by Crippen LogP contribution is -2.44. The summed E-state index contributed by atoms with van der Waals surface area (Å²) in [5, 5.41) is 3.73. The number of amides is 1. The van der Waals surface area contributed by atoms with E-state index in [1.165, 1.54) is 0 Å². The van der Waals surface area contributed by atoms with Crippen LogP contribution in [0.25, 0.3) is 0 Å². The monoisotopic (exact) mass is 412 g/mol. The van der Waals surface area contributed by atoms with Crippen molar-refractivity contribution in [1.29, 1.82) is 0 Å². The molecule has 1 aliphatic rings. The molecule has 1 saturated heterocycles. The summed E-state index contributed by atoms with van der Waals surface area (Å²) in [7, 11) is -3.11. The highest BCUT2D eigenvalue weighted by Gasteiger charge is 2.35. The summed E-state index contributed by atoms with van der Waals surface area (Å²) in [6.07, 6.45) is 0.431. The Bertz CT molecular complexity index is 904. The first kappa shape index (κ1) is 19.0. The van der Waals surface area contributed by atoms with Crippen LogP contribution < -0.4 is 10.2 Å². The zero-order valence-electron chi connectivity index (χ0n) is 13.9. The molecule has 0 bridgehead atoms. The van der Waals surface area contributed by atoms with Crippen molar-refractivity contribution in [3.8, 4) is 0 Å². The minimum atomic E-state index is -3.11. The number of anilines is 2. The number of benzene rings is 2. The Balaban J connectivity index is 1.80. The predicted molar refractivity (Wildman–Crippen MR) is 106 cm³/mol. The standard InChI is InChI=1S/C18H18Cl2N2O3S/c19-15-7-4-8-16(18(15)20)21-11-17(23)22(13-5-2-1-3-6-13)14-9-10-26(24,25)12-14/h1-8,14,21H,9-12H2. The number of carbonyl (C=O) groups excluding carboxylic acids is 1. The molecule has 1 unspecified atom stereocenters. The molecule has 0 aromatic heterocycles. The van der Waals surface area contributed by atoms with Crippen LogP contribution in [0.2, 0.25) is 10.0 Å². The third-order valence-electron chi connectivity index (χ3n) is 4.26. The molecule has 0 radical (unpaired) electrons. The first-order valence-electron chi connectivity index (χ1n) is 8.13. The van der Waals surface area contributed by atoms with Crippen molar-refractivity contribution >= 4 is 50.3 Å². The summed E-state index contributed by atoms with van der Waals surface area (Å²) in [6.45, 7) is -0.0223. The molecule has 0 aliphatic carbocycles. The Hall–Kier alpha value is -1.76. The van der Waals surface area contributed by atoms with Gasteiger partial charge in [0.05, 0.1) is 39.8 Å². The Morgan fingerprint density at radius 3 is 2.50 bits per heavy atom. The first-order chi connectivity index (χ1) is 12.4. The van der Waals surface area contributed by atoms with Gasteiger partial charge in [0.25, 0.3) is 0 Å². The number of sulfone groups is 1. The van der Waals surface area contributed by atoms with Gasteiger partial charge in [-0.1, -0.05) is 47.5 Å². The van der Waals surface area contributed by atoms with Gasteiger partial charge < -0.3 is 10.2 Å². The van der Waals surface area contributed by atoms with Crippen LogP contribution in [0.15, 0.2) is 48.5 Å². The van der Waals surface area contributed by atoms with Gasteiger partial charge >= 0.3 is 0 Å². The minimum Gasteiger partial charge on any atom is -0.375 e. The summed E-state index contributed by atoms with van der Waals surface area (Å²) in [5.74, 6) is -0.151. The van der Waals surface area contributed by atoms with Crippen molar-refractivity contribution < 1.29 is 13.2 Å². The summed E-state index contributed by atoms with van der Waals surface area (Å²) in [6, 6.07) is 13.9. The van der Waals surface area contributed by atoms with E-state index in [0.29, 0.717) is 27.8 Å². The van der Waals surface area contributed by atoms with E-state index < -0.39 is 9.84 Å². The average molecular weight is 413 g/mol. The number of para-hydroxylation sites is 1. The molecule has 8 heteroatoms. The Labute approximate surface area is 162 Å². The van der Waals surface area contributed by atoms with E-state index in [1.807, 2.05) is 18.2 Å². The summed E-state index contributed by atoms with van der Waals surface area (Å²) < 4.78 is 23.8. The Morgan fingerprint density at radius 2 is 1.85 bits per heavy atom. The number of carbonyl (C=O) groups is 1. The minimum absolute atomic E-state index is 0.0223. The molecule has 2 aromatic rings. The zero-order valence-corrected chi connectivity index (χ0v) is 16.2. The van der Waals surface area contributed by atoms with Gasteiger partial charge in [0.1, 0.15) is 0 Å². The predicted octanol–water partition coefficient (Wildman–Crippen LogP) is 3.63. The molecule has 1 atom stereocenters. The molecule has 1 aliphatic heterocycles. The van der Waals surface area contributed by atoms with Crippen LogP contribution in [-0.2, 0) is 14.6 Å². The normalized spacial score (nSPS) is 18.5. The Kier molecular flexibility index (Phi) is 5.75. The maximum Gasteiger partial charge on any atom is 0.246 e. The highest BCUT2D eigenvalue weighted by Crippen LogP contribution is 2.30. The summed E-state index contributed by atoms with van der Waals surface area (Å²) in [5.41, 5.74) is 1.23. The molecular weight excluding hydrogens is 395 g/mol. The third kappa shape index (κ3) is 4.31. The fraction of sp³-hybridized carbons (Fsp3) is 0.278. The second-order valence-corrected chi connectivity index (χ2v) is 9.12. The number of halogens is 2. The van der Waals surface area contributed by atoms with Crippen molar-refractivity contribution in [2.24, 2.45) is 0 Å². The summed E-state index contributed by atoms with van der Waals surface area (Å²) in [4.78, 5) is 14.5. The van der Waals surface area contributed by atoms with Crippen LogP contribution in [0.3, 0.4) is 0 Å². The number of hydrogen-bond acceptors (Lipinski definition) is 4. The van der Waals surface area contributed by atoms with E-state index in [2.05, 4.69) is 5.32 Å². The van der Waals surface area contributed by atoms with Crippen LogP contribution in [0.1, 0.15) is 6.42 Å². The lowest BCUT2D eigenvalue weighted by atomic mass is 10.1. The van der Waals surface area contributed by atoms with Crippen molar-refractivity contribution in [2.75, 3.05) is 28.3 Å². The smallest absolute Gasteiger partial charge is 0.246 e. The zero-order chi connectivity index (χ0) is 18.7. The van der Waals surface area contributed by atoms with Crippen LogP contribution >= 0.6 is 23.2 Å². The lowest BCUT2D eigenvalue weighted by molar-refractivity contribution is -0.117. The molecule has 5 nitrogen and oxygen atoms in total. The SMILES string of the molecule is O=C(CNc1cccc(Cl)c1Cl)N(c1ccccc1)C1CCS(=O)(=O)C1. The van der Waals surface area contributed by atoms with Crippen molar-refractivity contribution in [2.45, 2.75) is 12.5 Å². The topological polar surface area (TPSA) is 66.5 Å². The van der Waals surface area contributed by atoms with Gasteiger partial charge in [-0.2, -0.15) is 0 Å². The van der Waals surface area contributed by atoms with Crippen molar-refractivity contribution in [1.82, 2.24) is 0 Å². The van der Waals surface area contributed by atoms with Crippen molar-refractivity contribution in [3.63, 3.8) is 0 Å². The van der Waals surface area contributed by atoms with Gasteiger partial charge in [0.2, 0.25) is 5.91 Å². The van der Waals surface area contributed by atoms with E-state index in [0.717, 1.165) is 0 Å². The fourth-order valence-electron chi connectivity index (χ4n) is 3.02. The van der Waals surface area contributed by atoms with Crippen molar-refractivity contribution in [3.05, 3.63) is 58.6 Å². The highest BCUT2D eigenvalue weighted by molar-refractivity contribution is 7.91. The number of rotatable bonds is 5. The van der Waals surface area contributed by atoms with Gasteiger partial charge in [0.15, 0.2) is 9.84 Å². The van der Waals surface area contributed by atoms with Gasteiger partial charge in [-0.15, -0.1) is 0 Å². The first-order valence-corrected chi connectivity index (χ1v) is 10.7. The quantitative estimate of drug-likeness (QED) is 0.813. The molecule has 26 heavy (non-hydrogen) atoms. The summed E-state index contributed by atoms with van der Waals surface area (Å²) >= 11 is 12.1. The molecule has 1 heterocycles. The number of nitrogens with zero attached hydrogens (tertiary/aromatic N) is 1. The van der Waals surface area contributed by atoms with E-state index in [9.17, 15) is 13.2 Å². The van der Waals surface area contributed by atoms with E-state index >= 15 is 0 Å². The second kappa shape index (κ2) is 7.86. The van der Waals surface area contributed by atoms with E-state index in [1.54, 1.807) is 35.2 Å². The lowest BCUT2D eigenvalue weighted by Gasteiger charge is -2.28. The maximum atomic E-state index is 12.9. The molecule has 3 rings (SSSR count). The molecule has 0 spiro atoms. The van der Waals surface area contributed by atoms with E-state index in [-0.39, 0.29) is 30.0 Å².